The van der Waals surface area contributed by atoms with Crippen LogP contribution < -0.4 is 10.1 Å². The number of aryl methyl sites for hydroxylation is 1. The van der Waals surface area contributed by atoms with Crippen molar-refractivity contribution >= 4 is 17.0 Å². The minimum Gasteiger partial charge on any atom is -0.497 e. The third-order valence-electron chi connectivity index (χ3n) is 3.20. The van der Waals surface area contributed by atoms with Gasteiger partial charge in [-0.2, -0.15) is 0 Å². The number of hydrogen-bond donors (Lipinski definition) is 1. The highest BCUT2D eigenvalue weighted by atomic mass is 32.1. The summed E-state index contributed by atoms with van der Waals surface area (Å²) in [5.74, 6) is 0.827. The van der Waals surface area contributed by atoms with Crippen LogP contribution in [0.4, 0.5) is 5.69 Å². The standard InChI is InChI=1S/C15H16N4OS/c1-11-15(7-8-21-11)16-9-12-10-19(18-17-12)13-3-5-14(20-2)6-4-13/h3-8,10,16H,9H2,1-2H3. The van der Waals surface area contributed by atoms with Crippen LogP contribution in [0.3, 0.4) is 0 Å². The quantitative estimate of drug-likeness (QED) is 0.786. The minimum absolute atomic E-state index is 0.660. The molecule has 0 atom stereocenters. The van der Waals surface area contributed by atoms with E-state index in [1.54, 1.807) is 23.1 Å². The lowest BCUT2D eigenvalue weighted by Gasteiger charge is -2.03. The molecular weight excluding hydrogens is 284 g/mol. The molecule has 2 heterocycles. The highest BCUT2D eigenvalue weighted by Gasteiger charge is 2.04. The van der Waals surface area contributed by atoms with E-state index in [1.807, 2.05) is 30.5 Å². The number of anilines is 1. The normalized spacial score (nSPS) is 10.6. The molecule has 0 aliphatic rings. The molecule has 108 valence electrons. The molecule has 0 aliphatic heterocycles. The lowest BCUT2D eigenvalue weighted by molar-refractivity contribution is 0.414. The van der Waals surface area contributed by atoms with Crippen molar-refractivity contribution in [3.63, 3.8) is 0 Å². The number of hydrogen-bond acceptors (Lipinski definition) is 5. The third kappa shape index (κ3) is 3.05. The van der Waals surface area contributed by atoms with Gasteiger partial charge >= 0.3 is 0 Å². The van der Waals surface area contributed by atoms with Crippen LogP contribution in [-0.2, 0) is 6.54 Å². The highest BCUT2D eigenvalue weighted by molar-refractivity contribution is 7.10. The summed E-state index contributed by atoms with van der Waals surface area (Å²) < 4.78 is 6.91. The average molecular weight is 300 g/mol. The molecule has 0 unspecified atom stereocenters. The summed E-state index contributed by atoms with van der Waals surface area (Å²) in [5, 5.41) is 13.8. The Morgan fingerprint density at radius 3 is 2.71 bits per heavy atom. The molecule has 0 spiro atoms. The SMILES string of the molecule is COc1ccc(-n2cc(CNc3ccsc3C)nn2)cc1. The molecule has 0 aliphatic carbocycles. The van der Waals surface area contributed by atoms with Gasteiger partial charge in [0, 0.05) is 10.6 Å². The lowest BCUT2D eigenvalue weighted by Crippen LogP contribution is -1.99. The van der Waals surface area contributed by atoms with E-state index in [-0.39, 0.29) is 0 Å². The van der Waals surface area contributed by atoms with Gasteiger partial charge in [0.15, 0.2) is 0 Å². The van der Waals surface area contributed by atoms with Gasteiger partial charge in [-0.15, -0.1) is 16.4 Å². The van der Waals surface area contributed by atoms with Gasteiger partial charge in [-0.3, -0.25) is 0 Å². The Labute approximate surface area is 127 Å². The number of nitrogens with one attached hydrogen (secondary N) is 1. The largest absolute Gasteiger partial charge is 0.497 e. The number of thiophene rings is 1. The molecule has 0 saturated carbocycles. The van der Waals surface area contributed by atoms with Crippen LogP contribution in [0.1, 0.15) is 10.6 Å². The maximum Gasteiger partial charge on any atom is 0.119 e. The van der Waals surface area contributed by atoms with Crippen molar-refractivity contribution in [2.45, 2.75) is 13.5 Å². The van der Waals surface area contributed by atoms with Crippen LogP contribution in [0.5, 0.6) is 5.75 Å². The van der Waals surface area contributed by atoms with Crippen molar-refractivity contribution < 1.29 is 4.74 Å². The van der Waals surface area contributed by atoms with E-state index in [2.05, 4.69) is 34.0 Å². The predicted molar refractivity (Wildman–Crippen MR) is 84.3 cm³/mol. The van der Waals surface area contributed by atoms with E-state index in [4.69, 9.17) is 4.74 Å². The number of aromatic nitrogens is 3. The predicted octanol–water partition coefficient (Wildman–Crippen LogP) is 3.26. The van der Waals surface area contributed by atoms with Gasteiger partial charge in [0.2, 0.25) is 0 Å². The number of methoxy groups -OCH3 is 1. The second-order valence-electron chi connectivity index (χ2n) is 4.60. The lowest BCUT2D eigenvalue weighted by atomic mass is 10.3. The fraction of sp³-hybridized carbons (Fsp3) is 0.200. The third-order valence-corrected chi connectivity index (χ3v) is 4.04. The second-order valence-corrected chi connectivity index (χ2v) is 5.72. The molecule has 0 fully saturated rings. The van der Waals surface area contributed by atoms with E-state index < -0.39 is 0 Å². The summed E-state index contributed by atoms with van der Waals surface area (Å²) in [6.45, 7) is 2.76. The summed E-state index contributed by atoms with van der Waals surface area (Å²) in [6.07, 6.45) is 1.93. The summed E-state index contributed by atoms with van der Waals surface area (Å²) >= 11 is 1.73. The van der Waals surface area contributed by atoms with E-state index in [1.165, 1.54) is 4.88 Å². The summed E-state index contributed by atoms with van der Waals surface area (Å²) in [5.41, 5.74) is 3.01. The average Bonchev–Trinajstić information content (AvgIpc) is 3.14. The Kier molecular flexibility index (Phi) is 3.87. The number of rotatable bonds is 5. The zero-order valence-corrected chi connectivity index (χ0v) is 12.7. The molecule has 0 radical (unpaired) electrons. The Morgan fingerprint density at radius 2 is 2.05 bits per heavy atom. The zero-order chi connectivity index (χ0) is 14.7. The number of benzene rings is 1. The maximum absolute atomic E-state index is 5.15. The van der Waals surface area contributed by atoms with Crippen LogP contribution in [-0.4, -0.2) is 22.1 Å². The Hall–Kier alpha value is -2.34. The maximum atomic E-state index is 5.15. The molecule has 3 aromatic rings. The molecule has 6 heteroatoms. The van der Waals surface area contributed by atoms with Crippen molar-refractivity contribution in [2.24, 2.45) is 0 Å². The van der Waals surface area contributed by atoms with E-state index in [9.17, 15) is 0 Å². The van der Waals surface area contributed by atoms with Crippen LogP contribution in [0.2, 0.25) is 0 Å². The molecule has 1 aromatic carbocycles. The van der Waals surface area contributed by atoms with Gasteiger partial charge in [-0.1, -0.05) is 5.21 Å². The molecule has 1 N–H and O–H groups in total. The molecule has 0 bridgehead atoms. The van der Waals surface area contributed by atoms with Crippen LogP contribution in [0.15, 0.2) is 41.9 Å². The molecular formula is C15H16N4OS. The summed E-state index contributed by atoms with van der Waals surface area (Å²) in [6, 6.07) is 9.79. The van der Waals surface area contributed by atoms with E-state index >= 15 is 0 Å². The van der Waals surface area contributed by atoms with Crippen molar-refractivity contribution in [1.29, 1.82) is 0 Å². The minimum atomic E-state index is 0.660. The first-order valence-electron chi connectivity index (χ1n) is 6.60. The first kappa shape index (κ1) is 13.6. The van der Waals surface area contributed by atoms with Crippen LogP contribution in [0.25, 0.3) is 5.69 Å². The van der Waals surface area contributed by atoms with Gasteiger partial charge in [-0.05, 0) is 42.6 Å². The summed E-state index contributed by atoms with van der Waals surface area (Å²) in [7, 11) is 1.65. The first-order chi connectivity index (χ1) is 10.3. The van der Waals surface area contributed by atoms with Gasteiger partial charge in [0.1, 0.15) is 11.4 Å². The monoisotopic (exact) mass is 300 g/mol. The van der Waals surface area contributed by atoms with Crippen molar-refractivity contribution in [3.8, 4) is 11.4 Å². The van der Waals surface area contributed by atoms with Crippen LogP contribution in [0, 0.1) is 6.92 Å². The topological polar surface area (TPSA) is 52.0 Å². The first-order valence-corrected chi connectivity index (χ1v) is 7.48. The Morgan fingerprint density at radius 1 is 1.24 bits per heavy atom. The molecule has 3 rings (SSSR count). The number of ether oxygens (including phenoxy) is 1. The molecule has 0 saturated heterocycles. The van der Waals surface area contributed by atoms with Crippen molar-refractivity contribution in [3.05, 3.63) is 52.5 Å². The van der Waals surface area contributed by atoms with Crippen molar-refractivity contribution in [2.75, 3.05) is 12.4 Å². The molecule has 0 amide bonds. The zero-order valence-electron chi connectivity index (χ0n) is 11.9. The van der Waals surface area contributed by atoms with E-state index in [0.29, 0.717) is 6.54 Å². The fourth-order valence-electron chi connectivity index (χ4n) is 1.99. The highest BCUT2D eigenvalue weighted by Crippen LogP contribution is 2.21. The Bertz CT molecular complexity index is 717. The van der Waals surface area contributed by atoms with Gasteiger partial charge in [0.05, 0.1) is 25.5 Å². The van der Waals surface area contributed by atoms with E-state index in [0.717, 1.165) is 22.8 Å². The van der Waals surface area contributed by atoms with Gasteiger partial charge < -0.3 is 10.1 Å². The Balaban J connectivity index is 1.69. The fourth-order valence-corrected chi connectivity index (χ4v) is 2.67. The molecule has 5 nitrogen and oxygen atoms in total. The van der Waals surface area contributed by atoms with Crippen molar-refractivity contribution in [1.82, 2.24) is 15.0 Å². The summed E-state index contributed by atoms with van der Waals surface area (Å²) in [4.78, 5) is 1.28. The number of nitrogens with zero attached hydrogens (tertiary/aromatic N) is 3. The molecule has 21 heavy (non-hydrogen) atoms. The molecule has 2 aromatic heterocycles. The smallest absolute Gasteiger partial charge is 0.119 e. The van der Waals surface area contributed by atoms with Gasteiger partial charge in [-0.25, -0.2) is 4.68 Å². The van der Waals surface area contributed by atoms with Gasteiger partial charge in [0.25, 0.3) is 0 Å². The second kappa shape index (κ2) is 5.97. The van der Waals surface area contributed by atoms with Crippen LogP contribution >= 0.6 is 11.3 Å².